The Labute approximate surface area is 98.8 Å². The summed E-state index contributed by atoms with van der Waals surface area (Å²) in [4.78, 5) is 0. The van der Waals surface area contributed by atoms with E-state index in [1.54, 1.807) is 0 Å². The van der Waals surface area contributed by atoms with Gasteiger partial charge in [-0.05, 0) is 75.7 Å². The quantitative estimate of drug-likeness (QED) is 0.749. The molecule has 0 unspecified atom stereocenters. The highest BCUT2D eigenvalue weighted by molar-refractivity contribution is 4.93. The topological polar surface area (TPSA) is 32.3 Å². The van der Waals surface area contributed by atoms with Gasteiger partial charge in [-0.2, -0.15) is 0 Å². The molecule has 0 saturated heterocycles. The molecule has 3 fully saturated rings. The SMILES string of the molecule is OC1CCC(NCC(C2CC2)C2CC2)CC1. The summed E-state index contributed by atoms with van der Waals surface area (Å²) >= 11 is 0. The van der Waals surface area contributed by atoms with Crippen molar-refractivity contribution in [2.45, 2.75) is 63.5 Å². The van der Waals surface area contributed by atoms with Crippen LogP contribution in [0.3, 0.4) is 0 Å². The molecule has 0 atom stereocenters. The molecule has 0 aromatic heterocycles. The van der Waals surface area contributed by atoms with Gasteiger partial charge >= 0.3 is 0 Å². The Bertz CT molecular complexity index is 215. The van der Waals surface area contributed by atoms with Gasteiger partial charge in [0.05, 0.1) is 6.10 Å². The third-order valence-corrected chi connectivity index (χ3v) is 4.79. The van der Waals surface area contributed by atoms with Crippen LogP contribution in [0.5, 0.6) is 0 Å². The van der Waals surface area contributed by atoms with Crippen LogP contribution in [0.15, 0.2) is 0 Å². The van der Waals surface area contributed by atoms with E-state index in [2.05, 4.69) is 5.32 Å². The lowest BCUT2D eigenvalue weighted by Gasteiger charge is -2.28. The Morgan fingerprint density at radius 2 is 1.44 bits per heavy atom. The van der Waals surface area contributed by atoms with Gasteiger partial charge in [0.2, 0.25) is 0 Å². The standard InChI is InChI=1S/C14H25NO/c16-13-7-5-12(6-8-13)15-9-14(10-1-2-10)11-3-4-11/h10-16H,1-9H2. The molecule has 0 bridgehead atoms. The second kappa shape index (κ2) is 4.66. The van der Waals surface area contributed by atoms with Gasteiger partial charge in [-0.1, -0.05) is 0 Å². The molecule has 0 radical (unpaired) electrons. The fraction of sp³-hybridized carbons (Fsp3) is 1.00. The molecule has 3 aliphatic rings. The van der Waals surface area contributed by atoms with Crippen LogP contribution >= 0.6 is 0 Å². The maximum atomic E-state index is 9.47. The van der Waals surface area contributed by atoms with Crippen molar-refractivity contribution in [1.82, 2.24) is 5.32 Å². The van der Waals surface area contributed by atoms with Crippen molar-refractivity contribution in [3.05, 3.63) is 0 Å². The van der Waals surface area contributed by atoms with E-state index in [9.17, 15) is 5.11 Å². The number of aliphatic hydroxyl groups is 1. The fourth-order valence-corrected chi connectivity index (χ4v) is 3.35. The minimum Gasteiger partial charge on any atom is -0.393 e. The van der Waals surface area contributed by atoms with Crippen molar-refractivity contribution in [3.8, 4) is 0 Å². The number of hydrogen-bond donors (Lipinski definition) is 2. The summed E-state index contributed by atoms with van der Waals surface area (Å²) in [5.41, 5.74) is 0. The zero-order valence-corrected chi connectivity index (χ0v) is 10.2. The molecule has 0 aromatic rings. The predicted octanol–water partition coefficient (Wildman–Crippen LogP) is 2.32. The van der Waals surface area contributed by atoms with Crippen LogP contribution < -0.4 is 5.32 Å². The number of rotatable bonds is 5. The van der Waals surface area contributed by atoms with Crippen LogP contribution in [0.25, 0.3) is 0 Å². The van der Waals surface area contributed by atoms with Gasteiger partial charge in [-0.25, -0.2) is 0 Å². The minimum atomic E-state index is -0.0132. The van der Waals surface area contributed by atoms with Crippen molar-refractivity contribution in [1.29, 1.82) is 0 Å². The first kappa shape index (κ1) is 11.0. The molecule has 2 heteroatoms. The minimum absolute atomic E-state index is 0.0132. The maximum Gasteiger partial charge on any atom is 0.0541 e. The van der Waals surface area contributed by atoms with Crippen molar-refractivity contribution >= 4 is 0 Å². The Kier molecular flexibility index (Phi) is 3.21. The molecule has 2 nitrogen and oxygen atoms in total. The average molecular weight is 223 g/mol. The third kappa shape index (κ3) is 2.78. The Morgan fingerprint density at radius 1 is 0.875 bits per heavy atom. The van der Waals surface area contributed by atoms with E-state index < -0.39 is 0 Å². The molecule has 16 heavy (non-hydrogen) atoms. The molecule has 3 saturated carbocycles. The second-order valence-corrected chi connectivity index (χ2v) is 6.25. The summed E-state index contributed by atoms with van der Waals surface area (Å²) in [5, 5.41) is 13.2. The van der Waals surface area contributed by atoms with E-state index in [0.29, 0.717) is 6.04 Å². The normalized spacial score (nSPS) is 35.6. The molecule has 0 amide bonds. The summed E-state index contributed by atoms with van der Waals surface area (Å²) in [5.74, 6) is 3.12. The molecule has 92 valence electrons. The molecular weight excluding hydrogens is 198 g/mol. The van der Waals surface area contributed by atoms with Crippen molar-refractivity contribution in [2.75, 3.05) is 6.54 Å². The average Bonchev–Trinajstić information content (AvgIpc) is 3.15. The number of nitrogens with one attached hydrogen (secondary N) is 1. The fourth-order valence-electron chi connectivity index (χ4n) is 3.35. The first-order valence-electron chi connectivity index (χ1n) is 7.24. The maximum absolute atomic E-state index is 9.47. The van der Waals surface area contributed by atoms with Crippen LogP contribution in [0.1, 0.15) is 51.4 Å². The number of aliphatic hydroxyl groups excluding tert-OH is 1. The van der Waals surface area contributed by atoms with E-state index in [1.807, 2.05) is 0 Å². The van der Waals surface area contributed by atoms with E-state index in [1.165, 1.54) is 45.1 Å². The van der Waals surface area contributed by atoms with Gasteiger partial charge in [-0.3, -0.25) is 0 Å². The molecule has 0 aromatic carbocycles. The largest absolute Gasteiger partial charge is 0.393 e. The molecule has 0 spiro atoms. The van der Waals surface area contributed by atoms with E-state index in [0.717, 1.165) is 30.6 Å². The molecule has 3 aliphatic carbocycles. The zero-order valence-electron chi connectivity index (χ0n) is 10.2. The van der Waals surface area contributed by atoms with E-state index in [-0.39, 0.29) is 6.10 Å². The van der Waals surface area contributed by atoms with E-state index >= 15 is 0 Å². The van der Waals surface area contributed by atoms with Gasteiger partial charge < -0.3 is 10.4 Å². The van der Waals surface area contributed by atoms with Gasteiger partial charge in [0, 0.05) is 6.04 Å². The Balaban J connectivity index is 1.41. The summed E-state index contributed by atoms with van der Waals surface area (Å²) in [6.45, 7) is 1.26. The van der Waals surface area contributed by atoms with E-state index in [4.69, 9.17) is 0 Å². The van der Waals surface area contributed by atoms with Crippen molar-refractivity contribution in [3.63, 3.8) is 0 Å². The van der Waals surface area contributed by atoms with Crippen LogP contribution in [0, 0.1) is 17.8 Å². The van der Waals surface area contributed by atoms with Crippen LogP contribution in [-0.2, 0) is 0 Å². The highest BCUT2D eigenvalue weighted by Gasteiger charge is 2.41. The second-order valence-electron chi connectivity index (χ2n) is 6.25. The first-order chi connectivity index (χ1) is 7.83. The van der Waals surface area contributed by atoms with Gasteiger partial charge in [0.15, 0.2) is 0 Å². The Morgan fingerprint density at radius 3 is 1.94 bits per heavy atom. The van der Waals surface area contributed by atoms with Crippen LogP contribution in [0.2, 0.25) is 0 Å². The third-order valence-electron chi connectivity index (χ3n) is 4.79. The number of hydrogen-bond acceptors (Lipinski definition) is 2. The first-order valence-corrected chi connectivity index (χ1v) is 7.24. The van der Waals surface area contributed by atoms with Crippen molar-refractivity contribution < 1.29 is 5.11 Å². The predicted molar refractivity (Wildman–Crippen MR) is 65.2 cm³/mol. The van der Waals surface area contributed by atoms with Gasteiger partial charge in [0.25, 0.3) is 0 Å². The monoisotopic (exact) mass is 223 g/mol. The zero-order chi connectivity index (χ0) is 11.0. The molecule has 3 rings (SSSR count). The summed E-state index contributed by atoms with van der Waals surface area (Å²) in [7, 11) is 0. The van der Waals surface area contributed by atoms with Gasteiger partial charge in [-0.15, -0.1) is 0 Å². The lowest BCUT2D eigenvalue weighted by atomic mass is 9.91. The van der Waals surface area contributed by atoms with Gasteiger partial charge in [0.1, 0.15) is 0 Å². The summed E-state index contributed by atoms with van der Waals surface area (Å²) in [6, 6.07) is 0.698. The summed E-state index contributed by atoms with van der Waals surface area (Å²) < 4.78 is 0. The lowest BCUT2D eigenvalue weighted by Crippen LogP contribution is -2.38. The highest BCUT2D eigenvalue weighted by Crippen LogP contribution is 2.48. The molecular formula is C14H25NO. The van der Waals surface area contributed by atoms with Crippen LogP contribution in [0.4, 0.5) is 0 Å². The van der Waals surface area contributed by atoms with Crippen molar-refractivity contribution in [2.24, 2.45) is 17.8 Å². The molecule has 0 aliphatic heterocycles. The smallest absolute Gasteiger partial charge is 0.0541 e. The highest BCUT2D eigenvalue weighted by atomic mass is 16.3. The Hall–Kier alpha value is -0.0800. The van der Waals surface area contributed by atoms with Crippen LogP contribution in [-0.4, -0.2) is 23.8 Å². The summed E-state index contributed by atoms with van der Waals surface area (Å²) in [6.07, 6.45) is 10.3. The lowest BCUT2D eigenvalue weighted by molar-refractivity contribution is 0.115. The molecule has 0 heterocycles. The molecule has 2 N–H and O–H groups in total.